The maximum Gasteiger partial charge on any atom is 0.408 e. The van der Waals surface area contributed by atoms with E-state index in [1.54, 1.807) is 33.8 Å². The Kier molecular flexibility index (Phi) is 13.0. The van der Waals surface area contributed by atoms with E-state index in [0.29, 0.717) is 12.0 Å². The summed E-state index contributed by atoms with van der Waals surface area (Å²) in [6, 6.07) is 3.70. The third-order valence-corrected chi connectivity index (χ3v) is 5.61. The van der Waals surface area contributed by atoms with Crippen LogP contribution in [0.1, 0.15) is 77.1 Å². The van der Waals surface area contributed by atoms with Crippen LogP contribution in [0.25, 0.3) is 0 Å². The topological polar surface area (TPSA) is 114 Å². The number of carbonyl (C=O) groups excluding carboxylic acids is 4. The smallest absolute Gasteiger partial charge is 0.408 e. The molecule has 9 nitrogen and oxygen atoms in total. The van der Waals surface area contributed by atoms with E-state index in [2.05, 4.69) is 17.2 Å². The van der Waals surface area contributed by atoms with Gasteiger partial charge in [0, 0.05) is 13.1 Å². The third-order valence-electron chi connectivity index (χ3n) is 5.61. The number of hydrogen-bond donors (Lipinski definition) is 2. The summed E-state index contributed by atoms with van der Waals surface area (Å²) < 4.78 is 10.4. The molecule has 0 aromatic heterocycles. The van der Waals surface area contributed by atoms with Gasteiger partial charge in [0.25, 0.3) is 0 Å². The number of esters is 1. The Hall–Kier alpha value is -3.36. The highest BCUT2D eigenvalue weighted by Crippen LogP contribution is 2.29. The molecule has 0 aliphatic heterocycles. The molecule has 0 saturated carbocycles. The first-order valence-electron chi connectivity index (χ1n) is 13.1. The first-order chi connectivity index (χ1) is 17.7. The molecule has 1 aromatic rings. The standard InChI is InChI=1S/C29H45N3O6/c1-10-17-32(27(35)22(18-19(3)4)31-28(36)38-29(7,8)9)25(24-20(5)13-12-14-21(24)6)26(34)30-16-15-23(33)37-11-2/h10,12-14,19,22,25H,1,11,15-18H2,2-9H3,(H,30,34)(H,31,36). The van der Waals surface area contributed by atoms with Gasteiger partial charge in [-0.1, -0.05) is 38.1 Å². The van der Waals surface area contributed by atoms with Crippen LogP contribution >= 0.6 is 0 Å². The third kappa shape index (κ3) is 10.6. The SMILES string of the molecule is C=CCN(C(=O)C(CC(C)C)NC(=O)OC(C)(C)C)C(C(=O)NCCC(=O)OCC)c1c(C)cccc1C. The lowest BCUT2D eigenvalue weighted by molar-refractivity contribution is -0.144. The lowest BCUT2D eigenvalue weighted by Crippen LogP contribution is -2.53. The molecule has 2 N–H and O–H groups in total. The second-order valence-corrected chi connectivity index (χ2v) is 10.7. The second-order valence-electron chi connectivity index (χ2n) is 10.7. The van der Waals surface area contributed by atoms with Crippen LogP contribution in [-0.2, 0) is 23.9 Å². The first kappa shape index (κ1) is 32.7. The van der Waals surface area contributed by atoms with Crippen molar-refractivity contribution in [2.45, 2.75) is 85.9 Å². The summed E-state index contributed by atoms with van der Waals surface area (Å²) in [5.41, 5.74) is 1.60. The molecule has 0 bridgehead atoms. The number of nitrogens with zero attached hydrogens (tertiary/aromatic N) is 1. The fourth-order valence-corrected chi connectivity index (χ4v) is 4.11. The Bertz CT molecular complexity index is 963. The number of nitrogens with one attached hydrogen (secondary N) is 2. The molecule has 0 heterocycles. The Balaban J connectivity index is 3.46. The zero-order valence-corrected chi connectivity index (χ0v) is 24.2. The largest absolute Gasteiger partial charge is 0.466 e. The van der Waals surface area contributed by atoms with Gasteiger partial charge in [-0.2, -0.15) is 0 Å². The number of aryl methyl sites for hydroxylation is 2. The van der Waals surface area contributed by atoms with Crippen LogP contribution < -0.4 is 10.6 Å². The Labute approximate surface area is 227 Å². The molecule has 2 unspecified atom stereocenters. The van der Waals surface area contributed by atoms with Gasteiger partial charge in [-0.3, -0.25) is 14.4 Å². The van der Waals surface area contributed by atoms with Gasteiger partial charge in [-0.15, -0.1) is 6.58 Å². The van der Waals surface area contributed by atoms with Crippen LogP contribution in [0.4, 0.5) is 4.79 Å². The molecule has 212 valence electrons. The molecule has 2 atom stereocenters. The normalized spacial score (nSPS) is 12.8. The first-order valence-corrected chi connectivity index (χ1v) is 13.1. The number of alkyl carbamates (subject to hydrolysis) is 1. The van der Waals surface area contributed by atoms with E-state index in [1.165, 1.54) is 4.90 Å². The Morgan fingerprint density at radius 1 is 1.11 bits per heavy atom. The lowest BCUT2D eigenvalue weighted by atomic mass is 9.93. The highest BCUT2D eigenvalue weighted by Gasteiger charge is 2.37. The van der Waals surface area contributed by atoms with Gasteiger partial charge in [-0.25, -0.2) is 4.79 Å². The van der Waals surface area contributed by atoms with Crippen molar-refractivity contribution >= 4 is 23.9 Å². The van der Waals surface area contributed by atoms with Gasteiger partial charge in [0.2, 0.25) is 11.8 Å². The molecule has 38 heavy (non-hydrogen) atoms. The van der Waals surface area contributed by atoms with E-state index >= 15 is 0 Å². The number of benzene rings is 1. The monoisotopic (exact) mass is 531 g/mol. The van der Waals surface area contributed by atoms with Crippen LogP contribution in [-0.4, -0.2) is 60.1 Å². The molecular weight excluding hydrogens is 486 g/mol. The molecule has 0 radical (unpaired) electrons. The average molecular weight is 532 g/mol. The molecule has 3 amide bonds. The van der Waals surface area contributed by atoms with E-state index in [9.17, 15) is 19.2 Å². The lowest BCUT2D eigenvalue weighted by Gasteiger charge is -2.35. The molecule has 0 aliphatic rings. The molecule has 0 fully saturated rings. The fraction of sp³-hybridized carbons (Fsp3) is 0.586. The van der Waals surface area contributed by atoms with E-state index in [-0.39, 0.29) is 32.0 Å². The van der Waals surface area contributed by atoms with Crippen molar-refractivity contribution in [1.29, 1.82) is 0 Å². The average Bonchev–Trinajstić information content (AvgIpc) is 2.78. The van der Waals surface area contributed by atoms with Gasteiger partial charge in [0.15, 0.2) is 0 Å². The zero-order valence-electron chi connectivity index (χ0n) is 24.2. The predicted molar refractivity (Wildman–Crippen MR) is 147 cm³/mol. The summed E-state index contributed by atoms with van der Waals surface area (Å²) in [6.45, 7) is 18.8. The highest BCUT2D eigenvalue weighted by molar-refractivity contribution is 5.92. The fourth-order valence-electron chi connectivity index (χ4n) is 4.11. The molecule has 0 saturated heterocycles. The summed E-state index contributed by atoms with van der Waals surface area (Å²) in [4.78, 5) is 53.6. The van der Waals surface area contributed by atoms with Crippen molar-refractivity contribution in [3.63, 3.8) is 0 Å². The van der Waals surface area contributed by atoms with Gasteiger partial charge in [-0.05, 0) is 70.6 Å². The van der Waals surface area contributed by atoms with Crippen LogP contribution in [0.5, 0.6) is 0 Å². The van der Waals surface area contributed by atoms with Crippen molar-refractivity contribution in [3.8, 4) is 0 Å². The summed E-state index contributed by atoms with van der Waals surface area (Å²) in [7, 11) is 0. The zero-order chi connectivity index (χ0) is 29.0. The van der Waals surface area contributed by atoms with Crippen molar-refractivity contribution in [2.75, 3.05) is 19.7 Å². The molecule has 1 aromatic carbocycles. The maximum absolute atomic E-state index is 14.0. The summed E-state index contributed by atoms with van der Waals surface area (Å²) in [6.07, 6.45) is 1.18. The van der Waals surface area contributed by atoms with E-state index in [4.69, 9.17) is 9.47 Å². The number of hydrogen-bond acceptors (Lipinski definition) is 6. The molecular formula is C29H45N3O6. The molecule has 1 rings (SSSR count). The van der Waals surface area contributed by atoms with Crippen LogP contribution in [0.15, 0.2) is 30.9 Å². The second kappa shape index (κ2) is 15.1. The Morgan fingerprint density at radius 3 is 2.21 bits per heavy atom. The van der Waals surface area contributed by atoms with Crippen molar-refractivity contribution in [3.05, 3.63) is 47.5 Å². The summed E-state index contributed by atoms with van der Waals surface area (Å²) in [5, 5.41) is 5.50. The summed E-state index contributed by atoms with van der Waals surface area (Å²) >= 11 is 0. The van der Waals surface area contributed by atoms with Gasteiger partial charge in [0.05, 0.1) is 13.0 Å². The van der Waals surface area contributed by atoms with Crippen molar-refractivity contribution in [1.82, 2.24) is 15.5 Å². The minimum atomic E-state index is -1.01. The van der Waals surface area contributed by atoms with Crippen LogP contribution in [0.3, 0.4) is 0 Å². The molecule has 0 spiro atoms. The Morgan fingerprint density at radius 2 is 1.71 bits per heavy atom. The van der Waals surface area contributed by atoms with Crippen molar-refractivity contribution < 1.29 is 28.7 Å². The van der Waals surface area contributed by atoms with Gasteiger partial charge in [0.1, 0.15) is 17.7 Å². The highest BCUT2D eigenvalue weighted by atomic mass is 16.6. The van der Waals surface area contributed by atoms with Gasteiger partial charge < -0.3 is 25.0 Å². The number of carbonyl (C=O) groups is 4. The minimum absolute atomic E-state index is 0.00460. The van der Waals surface area contributed by atoms with Gasteiger partial charge >= 0.3 is 12.1 Å². The van der Waals surface area contributed by atoms with E-state index in [1.807, 2.05) is 45.9 Å². The molecule has 9 heteroatoms. The van der Waals surface area contributed by atoms with E-state index < -0.39 is 41.6 Å². The quantitative estimate of drug-likeness (QED) is 0.289. The summed E-state index contributed by atoms with van der Waals surface area (Å²) in [5.74, 6) is -1.23. The number of ether oxygens (including phenoxy) is 2. The number of rotatable bonds is 13. The van der Waals surface area contributed by atoms with Crippen LogP contribution in [0.2, 0.25) is 0 Å². The van der Waals surface area contributed by atoms with E-state index in [0.717, 1.165) is 11.1 Å². The molecule has 0 aliphatic carbocycles. The van der Waals surface area contributed by atoms with Crippen LogP contribution in [0, 0.1) is 19.8 Å². The maximum atomic E-state index is 14.0. The number of amides is 3. The van der Waals surface area contributed by atoms with Crippen molar-refractivity contribution in [2.24, 2.45) is 5.92 Å². The minimum Gasteiger partial charge on any atom is -0.466 e. The predicted octanol–water partition coefficient (Wildman–Crippen LogP) is 4.37.